The minimum absolute atomic E-state index is 0. The Bertz CT molecular complexity index is 548. The minimum Gasteiger partial charge on any atom is -0.357 e. The minimum atomic E-state index is 0. The number of rotatable bonds is 8. The summed E-state index contributed by atoms with van der Waals surface area (Å²) >= 11 is 7.56. The number of hydrogen-bond acceptors (Lipinski definition) is 3. The summed E-state index contributed by atoms with van der Waals surface area (Å²) in [6, 6.07) is 4.39. The van der Waals surface area contributed by atoms with E-state index >= 15 is 0 Å². The summed E-state index contributed by atoms with van der Waals surface area (Å²) in [5, 5.41) is 6.29. The fourth-order valence-electron chi connectivity index (χ4n) is 2.17. The van der Waals surface area contributed by atoms with Crippen molar-refractivity contribution in [3.63, 3.8) is 0 Å². The first-order chi connectivity index (χ1) is 11.1. The Balaban J connectivity index is 0.00000288. The summed E-state index contributed by atoms with van der Waals surface area (Å²) in [4.78, 5) is 19.5. The quantitative estimate of drug-likeness (QED) is 0.257. The molecule has 24 heavy (non-hydrogen) atoms. The van der Waals surface area contributed by atoms with Gasteiger partial charge >= 0.3 is 0 Å². The fourth-order valence-corrected chi connectivity index (χ4v) is 3.31. The number of thiophene rings is 1. The molecular weight excluding hydrogens is 459 g/mol. The van der Waals surface area contributed by atoms with Crippen LogP contribution in [-0.2, 0) is 11.3 Å². The zero-order chi connectivity index (χ0) is 16.7. The highest BCUT2D eigenvalue weighted by Gasteiger charge is 2.22. The highest BCUT2D eigenvalue weighted by Crippen LogP contribution is 2.22. The number of halogens is 2. The van der Waals surface area contributed by atoms with E-state index in [4.69, 9.17) is 11.6 Å². The van der Waals surface area contributed by atoms with Gasteiger partial charge in [0.05, 0.1) is 10.9 Å². The van der Waals surface area contributed by atoms with Crippen LogP contribution in [0.2, 0.25) is 4.34 Å². The van der Waals surface area contributed by atoms with Crippen molar-refractivity contribution in [1.29, 1.82) is 0 Å². The van der Waals surface area contributed by atoms with Gasteiger partial charge in [-0.2, -0.15) is 0 Å². The zero-order valence-corrected chi connectivity index (χ0v) is 18.1. The number of carbonyl (C=O) groups excluding carboxylic acids is 1. The van der Waals surface area contributed by atoms with Gasteiger partial charge in [0, 0.05) is 37.5 Å². The van der Waals surface area contributed by atoms with Crippen molar-refractivity contribution in [3.8, 4) is 0 Å². The van der Waals surface area contributed by atoms with Gasteiger partial charge in [-0.25, -0.2) is 0 Å². The van der Waals surface area contributed by atoms with Gasteiger partial charge in [0.1, 0.15) is 0 Å². The summed E-state index contributed by atoms with van der Waals surface area (Å²) < 4.78 is 0.803. The van der Waals surface area contributed by atoms with E-state index in [2.05, 4.69) is 27.4 Å². The standard InChI is InChI=1S/C16H25ClN4OS.HI/c1-3-18-16(21(2)11-13-8-9-14(17)23-13)19-10-4-5-15(22)20-12-6-7-12;/h8-9,12H,3-7,10-11H2,1-2H3,(H,18,19)(H,20,22);1H. The maximum Gasteiger partial charge on any atom is 0.220 e. The van der Waals surface area contributed by atoms with Crippen LogP contribution in [0.3, 0.4) is 0 Å². The average Bonchev–Trinajstić information content (AvgIpc) is 3.23. The van der Waals surface area contributed by atoms with E-state index in [0.717, 1.165) is 42.6 Å². The number of nitrogens with zero attached hydrogens (tertiary/aromatic N) is 2. The predicted octanol–water partition coefficient (Wildman–Crippen LogP) is 3.48. The third kappa shape index (κ3) is 8.02. The van der Waals surface area contributed by atoms with E-state index < -0.39 is 0 Å². The van der Waals surface area contributed by atoms with E-state index in [0.29, 0.717) is 19.0 Å². The van der Waals surface area contributed by atoms with Crippen LogP contribution in [0, 0.1) is 0 Å². The molecule has 1 saturated carbocycles. The molecule has 0 radical (unpaired) electrons. The van der Waals surface area contributed by atoms with Crippen molar-refractivity contribution < 1.29 is 4.79 Å². The van der Waals surface area contributed by atoms with Gasteiger partial charge in [-0.1, -0.05) is 11.6 Å². The van der Waals surface area contributed by atoms with Crippen LogP contribution in [0.5, 0.6) is 0 Å². The first kappa shape index (κ1) is 21.5. The highest BCUT2D eigenvalue weighted by molar-refractivity contribution is 14.0. The summed E-state index contributed by atoms with van der Waals surface area (Å²) in [6.07, 6.45) is 3.58. The molecule has 1 aromatic heterocycles. The molecule has 136 valence electrons. The second kappa shape index (κ2) is 11.1. The molecule has 0 spiro atoms. The molecule has 0 unspecified atom stereocenters. The maximum atomic E-state index is 11.6. The van der Waals surface area contributed by atoms with Crippen LogP contribution in [-0.4, -0.2) is 42.9 Å². The van der Waals surface area contributed by atoms with E-state index in [-0.39, 0.29) is 29.9 Å². The van der Waals surface area contributed by atoms with E-state index in [1.807, 2.05) is 19.2 Å². The Labute approximate surface area is 170 Å². The van der Waals surface area contributed by atoms with Crippen LogP contribution in [0.1, 0.15) is 37.5 Å². The average molecular weight is 485 g/mol. The smallest absolute Gasteiger partial charge is 0.220 e. The third-order valence-corrected chi connectivity index (χ3v) is 4.70. The Morgan fingerprint density at radius 3 is 2.79 bits per heavy atom. The fraction of sp³-hybridized carbons (Fsp3) is 0.625. The lowest BCUT2D eigenvalue weighted by Crippen LogP contribution is -2.38. The Morgan fingerprint density at radius 1 is 1.46 bits per heavy atom. The second-order valence-electron chi connectivity index (χ2n) is 5.74. The van der Waals surface area contributed by atoms with Gasteiger partial charge in [0.15, 0.2) is 5.96 Å². The molecule has 1 aromatic rings. The molecule has 1 aliphatic carbocycles. The highest BCUT2D eigenvalue weighted by atomic mass is 127. The van der Waals surface area contributed by atoms with E-state index in [1.165, 1.54) is 4.88 Å². The number of carbonyl (C=O) groups is 1. The maximum absolute atomic E-state index is 11.6. The Kier molecular flexibility index (Phi) is 9.99. The van der Waals surface area contributed by atoms with Gasteiger partial charge in [0.25, 0.3) is 0 Å². The molecule has 1 amide bonds. The topological polar surface area (TPSA) is 56.7 Å². The summed E-state index contributed by atoms with van der Waals surface area (Å²) in [5.41, 5.74) is 0. The van der Waals surface area contributed by atoms with Crippen molar-refractivity contribution in [2.24, 2.45) is 4.99 Å². The monoisotopic (exact) mass is 484 g/mol. The molecule has 8 heteroatoms. The molecule has 0 aliphatic heterocycles. The molecule has 0 saturated heterocycles. The molecule has 1 heterocycles. The molecular formula is C16H26ClIN4OS. The number of aliphatic imine (C=N–C) groups is 1. The van der Waals surface area contributed by atoms with Crippen LogP contribution >= 0.6 is 46.9 Å². The SMILES string of the molecule is CCNC(=NCCCC(=O)NC1CC1)N(C)Cc1ccc(Cl)s1.I. The lowest BCUT2D eigenvalue weighted by Gasteiger charge is -2.21. The van der Waals surface area contributed by atoms with E-state index in [1.54, 1.807) is 11.3 Å². The van der Waals surface area contributed by atoms with Crippen molar-refractivity contribution in [3.05, 3.63) is 21.3 Å². The molecule has 2 rings (SSSR count). The number of hydrogen-bond donors (Lipinski definition) is 2. The van der Waals surface area contributed by atoms with Crippen molar-refractivity contribution >= 4 is 58.8 Å². The van der Waals surface area contributed by atoms with Crippen molar-refractivity contribution in [2.75, 3.05) is 20.1 Å². The largest absolute Gasteiger partial charge is 0.357 e. The van der Waals surface area contributed by atoms with Crippen molar-refractivity contribution in [1.82, 2.24) is 15.5 Å². The third-order valence-electron chi connectivity index (χ3n) is 3.48. The normalized spacial score (nSPS) is 14.0. The summed E-state index contributed by atoms with van der Waals surface area (Å²) in [5.74, 6) is 1.01. The molecule has 0 aromatic carbocycles. The first-order valence-electron chi connectivity index (χ1n) is 8.11. The number of guanidine groups is 1. The van der Waals surface area contributed by atoms with Gasteiger partial charge in [-0.15, -0.1) is 35.3 Å². The number of amides is 1. The van der Waals surface area contributed by atoms with Gasteiger partial charge in [-0.05, 0) is 38.3 Å². The zero-order valence-electron chi connectivity index (χ0n) is 14.2. The van der Waals surface area contributed by atoms with Gasteiger partial charge in [-0.3, -0.25) is 9.79 Å². The van der Waals surface area contributed by atoms with Crippen LogP contribution in [0.4, 0.5) is 0 Å². The lowest BCUT2D eigenvalue weighted by molar-refractivity contribution is -0.121. The van der Waals surface area contributed by atoms with Gasteiger partial charge in [0.2, 0.25) is 5.91 Å². The summed E-state index contributed by atoms with van der Waals surface area (Å²) in [7, 11) is 2.01. The predicted molar refractivity (Wildman–Crippen MR) is 113 cm³/mol. The molecule has 2 N–H and O–H groups in total. The van der Waals surface area contributed by atoms with E-state index in [9.17, 15) is 4.79 Å². The molecule has 1 fully saturated rings. The van der Waals surface area contributed by atoms with Crippen LogP contribution in [0.15, 0.2) is 17.1 Å². The summed E-state index contributed by atoms with van der Waals surface area (Å²) in [6.45, 7) is 4.28. The van der Waals surface area contributed by atoms with Crippen LogP contribution in [0.25, 0.3) is 0 Å². The molecule has 1 aliphatic rings. The number of nitrogens with one attached hydrogen (secondary N) is 2. The van der Waals surface area contributed by atoms with Crippen molar-refractivity contribution in [2.45, 2.75) is 45.2 Å². The van der Waals surface area contributed by atoms with Crippen LogP contribution < -0.4 is 10.6 Å². The molecule has 0 bridgehead atoms. The molecule has 5 nitrogen and oxygen atoms in total. The first-order valence-corrected chi connectivity index (χ1v) is 9.31. The molecule has 0 atom stereocenters. The second-order valence-corrected chi connectivity index (χ2v) is 7.54. The van der Waals surface area contributed by atoms with Gasteiger partial charge < -0.3 is 15.5 Å². The lowest BCUT2D eigenvalue weighted by atomic mass is 10.3. The Hall–Kier alpha value is -0.540. The Morgan fingerprint density at radius 2 is 2.21 bits per heavy atom.